The molecule has 1 aliphatic heterocycles. The molecule has 1 N–H and O–H groups in total. The van der Waals surface area contributed by atoms with Crippen LogP contribution in [0.3, 0.4) is 0 Å². The van der Waals surface area contributed by atoms with Crippen LogP contribution in [-0.2, 0) is 14.9 Å². The predicted molar refractivity (Wildman–Crippen MR) is 95.5 cm³/mol. The summed E-state index contributed by atoms with van der Waals surface area (Å²) in [5.74, 6) is 1.27. The van der Waals surface area contributed by atoms with Crippen LogP contribution in [0.2, 0.25) is 0 Å². The van der Waals surface area contributed by atoms with Crippen LogP contribution < -0.4 is 10.1 Å². The molecule has 1 unspecified atom stereocenters. The van der Waals surface area contributed by atoms with Gasteiger partial charge in [0, 0.05) is 26.2 Å². The van der Waals surface area contributed by atoms with Gasteiger partial charge in [-0.25, -0.2) is 0 Å². The number of methoxy groups -OCH3 is 1. The average Bonchev–Trinajstić information content (AvgIpc) is 2.60. The molecule has 1 fully saturated rings. The molecular formula is C19H30N2O3. The molecule has 0 bridgehead atoms. The molecule has 2 rings (SSSR count). The maximum atomic E-state index is 12.6. The van der Waals surface area contributed by atoms with Gasteiger partial charge in [-0.15, -0.1) is 0 Å². The highest BCUT2D eigenvalue weighted by molar-refractivity contribution is 5.87. The Hall–Kier alpha value is -1.59. The number of morpholine rings is 1. The van der Waals surface area contributed by atoms with Crippen LogP contribution in [0.15, 0.2) is 24.3 Å². The predicted octanol–water partition coefficient (Wildman–Crippen LogP) is 2.06. The zero-order chi connectivity index (χ0) is 17.6. The van der Waals surface area contributed by atoms with Gasteiger partial charge in [0.15, 0.2) is 0 Å². The van der Waals surface area contributed by atoms with Crippen LogP contribution >= 0.6 is 0 Å². The Labute approximate surface area is 145 Å². The fraction of sp³-hybridized carbons (Fsp3) is 0.632. The van der Waals surface area contributed by atoms with E-state index in [1.807, 2.05) is 38.1 Å². The quantitative estimate of drug-likeness (QED) is 0.829. The summed E-state index contributed by atoms with van der Waals surface area (Å²) in [5, 5.41) is 3.11. The summed E-state index contributed by atoms with van der Waals surface area (Å²) in [7, 11) is 1.64. The van der Waals surface area contributed by atoms with Gasteiger partial charge < -0.3 is 14.8 Å². The number of rotatable bonds is 7. The molecule has 1 aromatic rings. The molecule has 0 aromatic heterocycles. The van der Waals surface area contributed by atoms with Crippen LogP contribution in [0.25, 0.3) is 0 Å². The van der Waals surface area contributed by atoms with E-state index in [2.05, 4.69) is 17.1 Å². The fourth-order valence-electron chi connectivity index (χ4n) is 2.92. The van der Waals surface area contributed by atoms with Crippen molar-refractivity contribution in [3.63, 3.8) is 0 Å². The van der Waals surface area contributed by atoms with Crippen molar-refractivity contribution in [3.8, 4) is 5.75 Å². The first kappa shape index (κ1) is 18.7. The van der Waals surface area contributed by atoms with E-state index in [9.17, 15) is 4.79 Å². The van der Waals surface area contributed by atoms with Crippen molar-refractivity contribution >= 4 is 5.91 Å². The third-order valence-corrected chi connectivity index (χ3v) is 4.66. The van der Waals surface area contributed by atoms with Crippen LogP contribution in [-0.4, -0.2) is 57.3 Å². The van der Waals surface area contributed by atoms with Crippen molar-refractivity contribution in [1.29, 1.82) is 0 Å². The van der Waals surface area contributed by atoms with E-state index in [-0.39, 0.29) is 5.91 Å². The van der Waals surface area contributed by atoms with Crippen LogP contribution in [0, 0.1) is 5.92 Å². The number of hydrogen-bond acceptors (Lipinski definition) is 4. The van der Waals surface area contributed by atoms with E-state index in [4.69, 9.17) is 9.47 Å². The molecule has 0 spiro atoms. The van der Waals surface area contributed by atoms with Crippen molar-refractivity contribution < 1.29 is 14.3 Å². The number of amides is 1. The van der Waals surface area contributed by atoms with E-state index in [1.54, 1.807) is 7.11 Å². The average molecular weight is 334 g/mol. The first-order valence-corrected chi connectivity index (χ1v) is 8.66. The van der Waals surface area contributed by atoms with E-state index in [1.165, 1.54) is 0 Å². The Bertz CT molecular complexity index is 522. The molecule has 5 nitrogen and oxygen atoms in total. The summed E-state index contributed by atoms with van der Waals surface area (Å²) < 4.78 is 10.5. The SMILES string of the molecule is COc1ccc(C(C)(C)C(=O)NCC(C)CN2CCOCC2)cc1. The van der Waals surface area contributed by atoms with Gasteiger partial charge >= 0.3 is 0 Å². The van der Waals surface area contributed by atoms with Gasteiger partial charge in [0.05, 0.1) is 25.7 Å². The second kappa shape index (κ2) is 8.49. The molecular weight excluding hydrogens is 304 g/mol. The highest BCUT2D eigenvalue weighted by atomic mass is 16.5. The molecule has 1 aliphatic rings. The van der Waals surface area contributed by atoms with Crippen molar-refractivity contribution in [2.75, 3.05) is 46.5 Å². The molecule has 1 heterocycles. The molecule has 0 aliphatic carbocycles. The monoisotopic (exact) mass is 334 g/mol. The summed E-state index contributed by atoms with van der Waals surface area (Å²) in [6, 6.07) is 7.70. The lowest BCUT2D eigenvalue weighted by Gasteiger charge is -2.30. The summed E-state index contributed by atoms with van der Waals surface area (Å²) >= 11 is 0. The molecule has 0 radical (unpaired) electrons. The Kier molecular flexibility index (Phi) is 6.63. The minimum absolute atomic E-state index is 0.0569. The highest BCUT2D eigenvalue weighted by Crippen LogP contribution is 2.25. The summed E-state index contributed by atoms with van der Waals surface area (Å²) in [6.45, 7) is 11.4. The van der Waals surface area contributed by atoms with Gasteiger partial charge in [-0.05, 0) is 37.5 Å². The van der Waals surface area contributed by atoms with Crippen molar-refractivity contribution in [2.24, 2.45) is 5.92 Å². The first-order chi connectivity index (χ1) is 11.4. The van der Waals surface area contributed by atoms with Gasteiger partial charge in [-0.1, -0.05) is 19.1 Å². The van der Waals surface area contributed by atoms with Gasteiger partial charge in [-0.2, -0.15) is 0 Å². The number of carbonyl (C=O) groups is 1. The van der Waals surface area contributed by atoms with Gasteiger partial charge in [0.1, 0.15) is 5.75 Å². The van der Waals surface area contributed by atoms with Gasteiger partial charge in [0.25, 0.3) is 0 Å². The van der Waals surface area contributed by atoms with Crippen molar-refractivity contribution in [1.82, 2.24) is 10.2 Å². The van der Waals surface area contributed by atoms with E-state index in [0.717, 1.165) is 44.2 Å². The highest BCUT2D eigenvalue weighted by Gasteiger charge is 2.29. The lowest BCUT2D eigenvalue weighted by molar-refractivity contribution is -0.125. The normalized spacial score (nSPS) is 17.3. The third kappa shape index (κ3) is 4.95. The Morgan fingerprint density at radius 1 is 1.29 bits per heavy atom. The lowest BCUT2D eigenvalue weighted by Crippen LogP contribution is -2.45. The Morgan fingerprint density at radius 2 is 1.92 bits per heavy atom. The largest absolute Gasteiger partial charge is 0.497 e. The molecule has 5 heteroatoms. The molecule has 0 saturated carbocycles. The zero-order valence-corrected chi connectivity index (χ0v) is 15.3. The molecule has 1 aromatic carbocycles. The molecule has 1 atom stereocenters. The van der Waals surface area contributed by atoms with Crippen LogP contribution in [0.4, 0.5) is 0 Å². The molecule has 24 heavy (non-hydrogen) atoms. The minimum Gasteiger partial charge on any atom is -0.497 e. The number of nitrogens with zero attached hydrogens (tertiary/aromatic N) is 1. The summed E-state index contributed by atoms with van der Waals surface area (Å²) in [4.78, 5) is 15.0. The van der Waals surface area contributed by atoms with E-state index >= 15 is 0 Å². The van der Waals surface area contributed by atoms with E-state index < -0.39 is 5.41 Å². The number of nitrogens with one attached hydrogen (secondary N) is 1. The molecule has 1 amide bonds. The van der Waals surface area contributed by atoms with Crippen LogP contribution in [0.5, 0.6) is 5.75 Å². The maximum Gasteiger partial charge on any atom is 0.230 e. The van der Waals surface area contributed by atoms with Crippen molar-refractivity contribution in [3.05, 3.63) is 29.8 Å². The van der Waals surface area contributed by atoms with Gasteiger partial charge in [0.2, 0.25) is 5.91 Å². The first-order valence-electron chi connectivity index (χ1n) is 8.66. The second-order valence-electron chi connectivity index (χ2n) is 7.08. The minimum atomic E-state index is -0.565. The smallest absolute Gasteiger partial charge is 0.230 e. The fourth-order valence-corrected chi connectivity index (χ4v) is 2.92. The lowest BCUT2D eigenvalue weighted by atomic mass is 9.83. The molecule has 134 valence electrons. The van der Waals surface area contributed by atoms with E-state index in [0.29, 0.717) is 12.5 Å². The Morgan fingerprint density at radius 3 is 2.50 bits per heavy atom. The maximum absolute atomic E-state index is 12.6. The third-order valence-electron chi connectivity index (χ3n) is 4.66. The number of benzene rings is 1. The zero-order valence-electron chi connectivity index (χ0n) is 15.3. The van der Waals surface area contributed by atoms with Gasteiger partial charge in [-0.3, -0.25) is 9.69 Å². The summed E-state index contributed by atoms with van der Waals surface area (Å²) in [5.41, 5.74) is 0.423. The van der Waals surface area contributed by atoms with Crippen molar-refractivity contribution in [2.45, 2.75) is 26.2 Å². The topological polar surface area (TPSA) is 50.8 Å². The second-order valence-corrected chi connectivity index (χ2v) is 7.08. The molecule has 1 saturated heterocycles. The number of hydrogen-bond donors (Lipinski definition) is 1. The standard InChI is InChI=1S/C19H30N2O3/c1-15(14-21-9-11-24-12-10-21)13-20-18(22)19(2,3)16-5-7-17(23-4)8-6-16/h5-8,15H,9-14H2,1-4H3,(H,20,22). The number of ether oxygens (including phenoxy) is 2. The Balaban J connectivity index is 1.85. The number of carbonyl (C=O) groups excluding carboxylic acids is 1. The summed E-state index contributed by atoms with van der Waals surface area (Å²) in [6.07, 6.45) is 0. The van der Waals surface area contributed by atoms with Crippen LogP contribution in [0.1, 0.15) is 26.3 Å².